The number of hydrogen-bond donors (Lipinski definition) is 2. The lowest BCUT2D eigenvalue weighted by molar-refractivity contribution is 0.107. The lowest BCUT2D eigenvalue weighted by Crippen LogP contribution is -2.11. The first kappa shape index (κ1) is 11.8. The zero-order chi connectivity index (χ0) is 14.6. The highest BCUT2D eigenvalue weighted by atomic mass is 19.1. The molecule has 0 saturated carbocycles. The van der Waals surface area contributed by atoms with Crippen LogP contribution in [0.5, 0.6) is 5.88 Å². The smallest absolute Gasteiger partial charge is 0.214 e. The minimum absolute atomic E-state index is 0.0602. The molecule has 102 valence electrons. The van der Waals surface area contributed by atoms with Crippen LogP contribution in [-0.4, -0.2) is 21.6 Å². The van der Waals surface area contributed by atoms with E-state index in [-0.39, 0.29) is 28.3 Å². The molecule has 4 rings (SSSR count). The highest BCUT2D eigenvalue weighted by molar-refractivity contribution is 6.56. The van der Waals surface area contributed by atoms with Gasteiger partial charge in [0, 0.05) is 10.9 Å². The van der Waals surface area contributed by atoms with Gasteiger partial charge in [0.2, 0.25) is 5.78 Å². The number of benzene rings is 2. The molecule has 2 aromatic carbocycles. The van der Waals surface area contributed by atoms with Crippen molar-refractivity contribution in [1.82, 2.24) is 4.98 Å². The van der Waals surface area contributed by atoms with Gasteiger partial charge < -0.3 is 10.1 Å². The second-order valence-corrected chi connectivity index (χ2v) is 4.82. The summed E-state index contributed by atoms with van der Waals surface area (Å²) in [5, 5.41) is 10.2. The van der Waals surface area contributed by atoms with E-state index >= 15 is 0 Å². The molecule has 0 unspecified atom stereocenters. The molecular weight excluding hydrogens is 271 g/mol. The Kier molecular flexibility index (Phi) is 2.27. The molecule has 2 N–H and O–H groups in total. The maximum Gasteiger partial charge on any atom is 0.214 e. The zero-order valence-corrected chi connectivity index (χ0v) is 10.7. The van der Waals surface area contributed by atoms with Crippen LogP contribution in [0.4, 0.5) is 10.1 Å². The van der Waals surface area contributed by atoms with Gasteiger partial charge >= 0.3 is 0 Å². The topological polar surface area (TPSA) is 65.4 Å². The van der Waals surface area contributed by atoms with Gasteiger partial charge in [0.25, 0.3) is 0 Å². The van der Waals surface area contributed by atoms with Crippen LogP contribution in [0.25, 0.3) is 10.9 Å². The summed E-state index contributed by atoms with van der Waals surface area (Å²) in [6.45, 7) is 0. The predicted octanol–water partition coefficient (Wildman–Crippen LogP) is 3.33. The minimum Gasteiger partial charge on any atom is -0.494 e. The minimum atomic E-state index is -0.509. The van der Waals surface area contributed by atoms with E-state index in [1.807, 2.05) is 0 Å². The number of nitrogens with zero attached hydrogens (tertiary/aromatic N) is 1. The average Bonchev–Trinajstić information content (AvgIpc) is 2.97. The van der Waals surface area contributed by atoms with Crippen molar-refractivity contribution in [3.8, 4) is 5.88 Å². The maximum atomic E-state index is 14.1. The summed E-state index contributed by atoms with van der Waals surface area (Å²) >= 11 is 0. The number of ketones is 1. The van der Waals surface area contributed by atoms with Gasteiger partial charge in [-0.1, -0.05) is 18.2 Å². The van der Waals surface area contributed by atoms with Crippen LogP contribution in [-0.2, 0) is 0 Å². The van der Waals surface area contributed by atoms with Crippen molar-refractivity contribution in [3.05, 3.63) is 59.4 Å². The number of carbonyl (C=O) groups excluding carboxylic acids is 1. The van der Waals surface area contributed by atoms with Gasteiger partial charge in [-0.05, 0) is 24.3 Å². The van der Waals surface area contributed by atoms with Gasteiger partial charge in [0.05, 0.1) is 16.8 Å². The third-order valence-corrected chi connectivity index (χ3v) is 3.59. The summed E-state index contributed by atoms with van der Waals surface area (Å²) in [6, 6.07) is 11.3. The third-order valence-electron chi connectivity index (χ3n) is 3.59. The fourth-order valence-corrected chi connectivity index (χ4v) is 2.65. The number of rotatable bonds is 1. The van der Waals surface area contributed by atoms with Gasteiger partial charge in [0.1, 0.15) is 11.5 Å². The third kappa shape index (κ3) is 1.54. The fourth-order valence-electron chi connectivity index (χ4n) is 2.65. The number of halogens is 1. The molecule has 0 aliphatic carbocycles. The van der Waals surface area contributed by atoms with Crippen LogP contribution in [0.2, 0.25) is 0 Å². The standard InChI is InChI=1S/C16H9FN2O2/c17-9-5-3-7-11-12(9)13(16(21)19-11)14-15(20)8-4-1-2-6-10(8)18-14/h1-7,19,21H. The molecule has 1 aliphatic heterocycles. The molecule has 1 aliphatic rings. The van der Waals surface area contributed by atoms with Gasteiger partial charge in [-0.3, -0.25) is 4.79 Å². The predicted molar refractivity (Wildman–Crippen MR) is 76.9 cm³/mol. The first-order valence-corrected chi connectivity index (χ1v) is 6.39. The first-order chi connectivity index (χ1) is 10.2. The van der Waals surface area contributed by atoms with Crippen molar-refractivity contribution >= 4 is 28.1 Å². The van der Waals surface area contributed by atoms with Gasteiger partial charge in [-0.25, -0.2) is 9.38 Å². The molecule has 0 saturated heterocycles. The van der Waals surface area contributed by atoms with Crippen molar-refractivity contribution < 1.29 is 14.3 Å². The quantitative estimate of drug-likeness (QED) is 0.718. The fraction of sp³-hybridized carbons (Fsp3) is 0. The molecule has 3 aromatic rings. The van der Waals surface area contributed by atoms with Gasteiger partial charge in [-0.15, -0.1) is 0 Å². The number of Topliss-reactive ketones (excluding diaryl/α,β-unsaturated/α-hetero) is 1. The lowest BCUT2D eigenvalue weighted by Gasteiger charge is -1.99. The van der Waals surface area contributed by atoms with Gasteiger partial charge in [0.15, 0.2) is 5.88 Å². The molecule has 0 fully saturated rings. The largest absolute Gasteiger partial charge is 0.494 e. The summed E-state index contributed by atoms with van der Waals surface area (Å²) in [5.41, 5.74) is 1.59. The normalized spacial score (nSPS) is 13.6. The van der Waals surface area contributed by atoms with E-state index in [1.165, 1.54) is 12.1 Å². The van der Waals surface area contributed by atoms with Crippen LogP contribution in [0.1, 0.15) is 15.9 Å². The second kappa shape index (κ2) is 4.02. The Morgan fingerprint density at radius 2 is 1.90 bits per heavy atom. The first-order valence-electron chi connectivity index (χ1n) is 6.39. The lowest BCUT2D eigenvalue weighted by atomic mass is 10.0. The van der Waals surface area contributed by atoms with Crippen LogP contribution in [0, 0.1) is 5.82 Å². The number of aromatic hydroxyl groups is 1. The SMILES string of the molecule is O=C1C(c2c(O)[nH]c3cccc(F)c23)=Nc2ccccc21. The number of para-hydroxylation sites is 1. The molecule has 21 heavy (non-hydrogen) atoms. The van der Waals surface area contributed by atoms with E-state index < -0.39 is 5.82 Å². The maximum absolute atomic E-state index is 14.1. The van der Waals surface area contributed by atoms with Crippen molar-refractivity contribution in [3.63, 3.8) is 0 Å². The van der Waals surface area contributed by atoms with E-state index in [9.17, 15) is 14.3 Å². The van der Waals surface area contributed by atoms with E-state index in [2.05, 4.69) is 9.98 Å². The number of aromatic amines is 1. The van der Waals surface area contributed by atoms with E-state index in [4.69, 9.17) is 0 Å². The zero-order valence-electron chi connectivity index (χ0n) is 10.7. The molecule has 0 bridgehead atoms. The Hall–Kier alpha value is -2.95. The Balaban J connectivity index is 2.02. The summed E-state index contributed by atoms with van der Waals surface area (Å²) in [6.07, 6.45) is 0. The van der Waals surface area contributed by atoms with E-state index in [0.717, 1.165) is 0 Å². The molecule has 0 spiro atoms. The molecule has 0 radical (unpaired) electrons. The molecule has 1 aromatic heterocycles. The average molecular weight is 280 g/mol. The summed E-state index contributed by atoms with van der Waals surface area (Å²) < 4.78 is 14.1. The monoisotopic (exact) mass is 280 g/mol. The number of nitrogens with one attached hydrogen (secondary N) is 1. The number of hydrogen-bond acceptors (Lipinski definition) is 3. The molecule has 5 heteroatoms. The molecule has 0 atom stereocenters. The van der Waals surface area contributed by atoms with E-state index in [1.54, 1.807) is 30.3 Å². The Bertz CT molecular complexity index is 941. The highest BCUT2D eigenvalue weighted by Gasteiger charge is 2.30. The van der Waals surface area contributed by atoms with E-state index in [0.29, 0.717) is 16.8 Å². The molecule has 4 nitrogen and oxygen atoms in total. The second-order valence-electron chi connectivity index (χ2n) is 4.82. The number of carbonyl (C=O) groups is 1. The Morgan fingerprint density at radius 3 is 2.71 bits per heavy atom. The van der Waals surface area contributed by atoms with Gasteiger partial charge in [-0.2, -0.15) is 0 Å². The summed E-state index contributed by atoms with van der Waals surface area (Å²) in [4.78, 5) is 19.3. The van der Waals surface area contributed by atoms with Crippen LogP contribution in [0.15, 0.2) is 47.5 Å². The number of aromatic nitrogens is 1. The Morgan fingerprint density at radius 1 is 1.10 bits per heavy atom. The number of H-pyrrole nitrogens is 1. The summed E-state index contributed by atoms with van der Waals surface area (Å²) in [5.74, 6) is -1.08. The van der Waals surface area contributed by atoms with Crippen LogP contribution >= 0.6 is 0 Å². The molecule has 0 amide bonds. The van der Waals surface area contributed by atoms with Crippen molar-refractivity contribution in [2.45, 2.75) is 0 Å². The molecular formula is C16H9FN2O2. The highest BCUT2D eigenvalue weighted by Crippen LogP contribution is 2.35. The van der Waals surface area contributed by atoms with Crippen molar-refractivity contribution in [2.24, 2.45) is 4.99 Å². The molecule has 2 heterocycles. The van der Waals surface area contributed by atoms with Crippen molar-refractivity contribution in [2.75, 3.05) is 0 Å². The summed E-state index contributed by atoms with van der Waals surface area (Å²) in [7, 11) is 0. The Labute approximate surface area is 118 Å². The van der Waals surface area contributed by atoms with Crippen LogP contribution in [0.3, 0.4) is 0 Å². The number of fused-ring (bicyclic) bond motifs is 2. The van der Waals surface area contributed by atoms with Crippen molar-refractivity contribution in [1.29, 1.82) is 0 Å². The van der Waals surface area contributed by atoms with Crippen LogP contribution < -0.4 is 0 Å². The number of aliphatic imine (C=N–C) groups is 1.